The number of thioether (sulfide) groups is 1. The molecule has 1 aliphatic heterocycles. The molecule has 0 radical (unpaired) electrons. The van der Waals surface area contributed by atoms with Crippen LogP contribution in [0.15, 0.2) is 10.9 Å². The van der Waals surface area contributed by atoms with Gasteiger partial charge in [-0.05, 0) is 31.4 Å². The van der Waals surface area contributed by atoms with Gasteiger partial charge < -0.3 is 10.3 Å². The topological polar surface area (TPSA) is 57.8 Å². The Morgan fingerprint density at radius 3 is 3.00 bits per heavy atom. The van der Waals surface area contributed by atoms with E-state index >= 15 is 0 Å². The summed E-state index contributed by atoms with van der Waals surface area (Å²) in [4.78, 5) is 18.9. The molecule has 0 bridgehead atoms. The summed E-state index contributed by atoms with van der Waals surface area (Å²) in [6.45, 7) is 0.922. The fraction of sp³-hybridized carbons (Fsp3) is 0.692. The summed E-state index contributed by atoms with van der Waals surface area (Å²) in [5.74, 6) is 3.36. The quantitative estimate of drug-likeness (QED) is 0.877. The number of aromatic amines is 1. The van der Waals surface area contributed by atoms with Crippen LogP contribution in [0.4, 0.5) is 5.82 Å². The van der Waals surface area contributed by atoms with E-state index in [4.69, 9.17) is 0 Å². The molecule has 4 nitrogen and oxygen atoms in total. The lowest BCUT2D eigenvalue weighted by molar-refractivity contribution is 0.676. The normalized spacial score (nSPS) is 23.9. The standard InChI is InChI=1S/C13H19N3OS/c17-12-7-11(15-13(16-12)9-4-5-9)14-8-10-3-1-2-6-18-10/h7,9-10H,1-6,8H2,(H2,14,15,16,17). The van der Waals surface area contributed by atoms with Crippen LogP contribution in [-0.4, -0.2) is 27.5 Å². The van der Waals surface area contributed by atoms with Gasteiger partial charge in [0, 0.05) is 23.8 Å². The highest BCUT2D eigenvalue weighted by Gasteiger charge is 2.26. The Balaban J connectivity index is 1.62. The second-order valence-corrected chi connectivity index (χ2v) is 6.57. The minimum atomic E-state index is -0.0364. The van der Waals surface area contributed by atoms with Crippen LogP contribution in [0.25, 0.3) is 0 Å². The van der Waals surface area contributed by atoms with E-state index in [0.717, 1.165) is 31.0 Å². The van der Waals surface area contributed by atoms with Gasteiger partial charge in [0.15, 0.2) is 0 Å². The molecular formula is C13H19N3OS. The molecule has 2 N–H and O–H groups in total. The van der Waals surface area contributed by atoms with Crippen molar-refractivity contribution in [3.63, 3.8) is 0 Å². The summed E-state index contributed by atoms with van der Waals surface area (Å²) in [7, 11) is 0. The van der Waals surface area contributed by atoms with Gasteiger partial charge in [-0.15, -0.1) is 0 Å². The molecule has 2 heterocycles. The third-order valence-electron chi connectivity index (χ3n) is 3.51. The predicted molar refractivity (Wildman–Crippen MR) is 75.4 cm³/mol. The molecule has 1 saturated carbocycles. The van der Waals surface area contributed by atoms with E-state index in [0.29, 0.717) is 11.2 Å². The van der Waals surface area contributed by atoms with Gasteiger partial charge in [-0.3, -0.25) is 4.79 Å². The zero-order valence-electron chi connectivity index (χ0n) is 10.4. The minimum absolute atomic E-state index is 0.0364. The largest absolute Gasteiger partial charge is 0.369 e. The summed E-state index contributed by atoms with van der Waals surface area (Å²) in [5, 5.41) is 4.00. The maximum Gasteiger partial charge on any atom is 0.252 e. The van der Waals surface area contributed by atoms with Crippen LogP contribution in [0, 0.1) is 0 Å². The fourth-order valence-corrected chi connectivity index (χ4v) is 3.54. The first-order chi connectivity index (χ1) is 8.81. The van der Waals surface area contributed by atoms with E-state index in [1.807, 2.05) is 11.8 Å². The minimum Gasteiger partial charge on any atom is -0.369 e. The first-order valence-electron chi connectivity index (χ1n) is 6.78. The summed E-state index contributed by atoms with van der Waals surface area (Å²) < 4.78 is 0. The smallest absolute Gasteiger partial charge is 0.252 e. The maximum atomic E-state index is 11.6. The monoisotopic (exact) mass is 265 g/mol. The molecule has 0 spiro atoms. The van der Waals surface area contributed by atoms with Crippen molar-refractivity contribution >= 4 is 17.6 Å². The Morgan fingerprint density at radius 1 is 1.39 bits per heavy atom. The van der Waals surface area contributed by atoms with Gasteiger partial charge in [-0.2, -0.15) is 11.8 Å². The molecule has 1 atom stereocenters. The Hall–Kier alpha value is -0.970. The molecule has 3 rings (SSSR count). The van der Waals surface area contributed by atoms with Crippen molar-refractivity contribution in [1.82, 2.24) is 9.97 Å². The zero-order valence-corrected chi connectivity index (χ0v) is 11.3. The molecule has 1 aromatic heterocycles. The lowest BCUT2D eigenvalue weighted by atomic mass is 10.2. The van der Waals surface area contributed by atoms with Gasteiger partial charge in [0.1, 0.15) is 11.6 Å². The van der Waals surface area contributed by atoms with Crippen molar-refractivity contribution in [3.8, 4) is 0 Å². The average molecular weight is 265 g/mol. The number of rotatable bonds is 4. The third kappa shape index (κ3) is 3.07. The number of hydrogen-bond donors (Lipinski definition) is 2. The second kappa shape index (κ2) is 5.34. The van der Waals surface area contributed by atoms with E-state index < -0.39 is 0 Å². The molecule has 1 unspecified atom stereocenters. The van der Waals surface area contributed by atoms with Crippen LogP contribution in [0.2, 0.25) is 0 Å². The molecule has 5 heteroatoms. The number of nitrogens with zero attached hydrogens (tertiary/aromatic N) is 1. The van der Waals surface area contributed by atoms with Crippen LogP contribution in [0.5, 0.6) is 0 Å². The van der Waals surface area contributed by atoms with Gasteiger partial charge in [0.25, 0.3) is 5.56 Å². The van der Waals surface area contributed by atoms with Crippen molar-refractivity contribution in [1.29, 1.82) is 0 Å². The number of H-pyrrole nitrogens is 1. The molecule has 2 fully saturated rings. The Labute approximate surface area is 111 Å². The Kier molecular flexibility index (Phi) is 3.59. The summed E-state index contributed by atoms with van der Waals surface area (Å²) in [6, 6.07) is 1.57. The van der Waals surface area contributed by atoms with E-state index in [9.17, 15) is 4.79 Å². The zero-order chi connectivity index (χ0) is 12.4. The van der Waals surface area contributed by atoms with Crippen molar-refractivity contribution in [2.75, 3.05) is 17.6 Å². The van der Waals surface area contributed by atoms with Crippen LogP contribution in [0.3, 0.4) is 0 Å². The van der Waals surface area contributed by atoms with Crippen LogP contribution in [0.1, 0.15) is 43.8 Å². The summed E-state index contributed by atoms with van der Waals surface area (Å²) in [5.41, 5.74) is -0.0364. The first kappa shape index (κ1) is 12.1. The molecule has 18 heavy (non-hydrogen) atoms. The molecule has 1 aromatic rings. The fourth-order valence-electron chi connectivity index (χ4n) is 2.30. The lowest BCUT2D eigenvalue weighted by Crippen LogP contribution is -2.22. The van der Waals surface area contributed by atoms with E-state index in [-0.39, 0.29) is 5.56 Å². The molecule has 98 valence electrons. The maximum absolute atomic E-state index is 11.6. The number of hydrogen-bond acceptors (Lipinski definition) is 4. The highest BCUT2D eigenvalue weighted by atomic mass is 32.2. The van der Waals surface area contributed by atoms with Crippen LogP contribution < -0.4 is 10.9 Å². The van der Waals surface area contributed by atoms with Gasteiger partial charge in [0.05, 0.1) is 0 Å². The Morgan fingerprint density at radius 2 is 2.28 bits per heavy atom. The van der Waals surface area contributed by atoms with Crippen LogP contribution >= 0.6 is 11.8 Å². The van der Waals surface area contributed by atoms with Gasteiger partial charge in [-0.25, -0.2) is 4.98 Å². The van der Waals surface area contributed by atoms with Crippen molar-refractivity contribution in [2.45, 2.75) is 43.3 Å². The SMILES string of the molecule is O=c1cc(NCC2CCCCS2)nc(C2CC2)[nH]1. The molecular weight excluding hydrogens is 246 g/mol. The van der Waals surface area contributed by atoms with Crippen molar-refractivity contribution < 1.29 is 0 Å². The van der Waals surface area contributed by atoms with E-state index in [2.05, 4.69) is 15.3 Å². The molecule has 0 aromatic carbocycles. The molecule has 1 saturated heterocycles. The summed E-state index contributed by atoms with van der Waals surface area (Å²) >= 11 is 2.03. The Bertz CT molecular complexity index is 464. The number of nitrogens with one attached hydrogen (secondary N) is 2. The molecule has 1 aliphatic carbocycles. The lowest BCUT2D eigenvalue weighted by Gasteiger charge is -2.21. The van der Waals surface area contributed by atoms with Gasteiger partial charge in [-0.1, -0.05) is 6.42 Å². The average Bonchev–Trinajstić information content (AvgIpc) is 3.21. The van der Waals surface area contributed by atoms with Crippen molar-refractivity contribution in [3.05, 3.63) is 22.2 Å². The third-order valence-corrected chi connectivity index (χ3v) is 4.91. The first-order valence-corrected chi connectivity index (χ1v) is 7.83. The number of anilines is 1. The highest BCUT2D eigenvalue weighted by Crippen LogP contribution is 2.37. The second-order valence-electron chi connectivity index (χ2n) is 5.16. The number of aromatic nitrogens is 2. The van der Waals surface area contributed by atoms with E-state index in [1.165, 1.54) is 25.0 Å². The van der Waals surface area contributed by atoms with E-state index in [1.54, 1.807) is 6.07 Å². The van der Waals surface area contributed by atoms with Crippen molar-refractivity contribution in [2.24, 2.45) is 0 Å². The predicted octanol–water partition coefficient (Wildman–Crippen LogP) is 2.34. The highest BCUT2D eigenvalue weighted by molar-refractivity contribution is 7.99. The van der Waals surface area contributed by atoms with Gasteiger partial charge in [0.2, 0.25) is 0 Å². The van der Waals surface area contributed by atoms with Crippen LogP contribution in [-0.2, 0) is 0 Å². The molecule has 2 aliphatic rings. The van der Waals surface area contributed by atoms with Gasteiger partial charge >= 0.3 is 0 Å². The summed E-state index contributed by atoms with van der Waals surface area (Å²) in [6.07, 6.45) is 6.26. The molecule has 0 amide bonds.